The SMILES string of the molecule is COCC(C)NC(=O)Nc1cc(C(=O)N2CCC(c3ccc(C#N)cc3)CC2)ccc1C. The van der Waals surface area contributed by atoms with Gasteiger partial charge in [-0.05, 0) is 68.0 Å². The Kier molecular flexibility index (Phi) is 7.85. The van der Waals surface area contributed by atoms with Crippen LogP contribution in [0.25, 0.3) is 0 Å². The first kappa shape index (κ1) is 23.3. The minimum absolute atomic E-state index is 0.0283. The van der Waals surface area contributed by atoms with E-state index in [-0.39, 0.29) is 18.0 Å². The Bertz CT molecular complexity index is 989. The highest BCUT2D eigenvalue weighted by atomic mass is 16.5. The highest BCUT2D eigenvalue weighted by Crippen LogP contribution is 2.29. The molecule has 7 heteroatoms. The lowest BCUT2D eigenvalue weighted by Gasteiger charge is -2.32. The summed E-state index contributed by atoms with van der Waals surface area (Å²) in [5.74, 6) is 0.360. The second-order valence-electron chi connectivity index (χ2n) is 8.28. The zero-order valence-corrected chi connectivity index (χ0v) is 18.9. The lowest BCUT2D eigenvalue weighted by molar-refractivity contribution is 0.0713. The van der Waals surface area contributed by atoms with E-state index in [0.717, 1.165) is 18.4 Å². The molecule has 1 aliphatic rings. The van der Waals surface area contributed by atoms with E-state index in [1.807, 2.05) is 49.1 Å². The number of hydrogen-bond donors (Lipinski definition) is 2. The fraction of sp³-hybridized carbons (Fsp3) is 0.400. The normalized spacial score (nSPS) is 15.0. The molecule has 1 aliphatic heterocycles. The number of aryl methyl sites for hydroxylation is 1. The monoisotopic (exact) mass is 434 g/mol. The summed E-state index contributed by atoms with van der Waals surface area (Å²) in [6.07, 6.45) is 1.77. The van der Waals surface area contributed by atoms with Crippen LogP contribution in [0, 0.1) is 18.3 Å². The molecule has 3 amide bonds. The van der Waals surface area contributed by atoms with E-state index in [0.29, 0.717) is 42.4 Å². The molecule has 0 aromatic heterocycles. The van der Waals surface area contributed by atoms with Gasteiger partial charge in [0.2, 0.25) is 0 Å². The van der Waals surface area contributed by atoms with Gasteiger partial charge < -0.3 is 20.3 Å². The number of hydrogen-bond acceptors (Lipinski definition) is 4. The van der Waals surface area contributed by atoms with Crippen LogP contribution in [0.1, 0.15) is 52.7 Å². The fourth-order valence-electron chi connectivity index (χ4n) is 3.99. The van der Waals surface area contributed by atoms with E-state index < -0.39 is 0 Å². The molecule has 3 rings (SSSR count). The molecule has 0 bridgehead atoms. The van der Waals surface area contributed by atoms with Gasteiger partial charge in [0, 0.05) is 31.5 Å². The first-order chi connectivity index (χ1) is 15.4. The Morgan fingerprint density at radius 3 is 2.50 bits per heavy atom. The third-order valence-corrected chi connectivity index (χ3v) is 5.82. The number of nitrogens with one attached hydrogen (secondary N) is 2. The van der Waals surface area contributed by atoms with Crippen molar-refractivity contribution in [3.8, 4) is 6.07 Å². The maximum atomic E-state index is 13.1. The molecule has 1 atom stereocenters. The molecule has 2 aromatic carbocycles. The third-order valence-electron chi connectivity index (χ3n) is 5.82. The van der Waals surface area contributed by atoms with E-state index in [9.17, 15) is 9.59 Å². The van der Waals surface area contributed by atoms with E-state index in [1.54, 1.807) is 19.2 Å². The number of nitriles is 1. The van der Waals surface area contributed by atoms with Crippen molar-refractivity contribution in [3.63, 3.8) is 0 Å². The Morgan fingerprint density at radius 1 is 1.19 bits per heavy atom. The van der Waals surface area contributed by atoms with Crippen LogP contribution in [0.4, 0.5) is 10.5 Å². The van der Waals surface area contributed by atoms with Crippen molar-refractivity contribution in [1.29, 1.82) is 5.26 Å². The molecule has 1 fully saturated rings. The number of rotatable bonds is 6. The lowest BCUT2D eigenvalue weighted by atomic mass is 9.89. The summed E-state index contributed by atoms with van der Waals surface area (Å²) in [6, 6.07) is 14.8. The number of piperidine rings is 1. The van der Waals surface area contributed by atoms with Crippen LogP contribution in [0.3, 0.4) is 0 Å². The Morgan fingerprint density at radius 2 is 1.88 bits per heavy atom. The number of urea groups is 1. The average molecular weight is 435 g/mol. The zero-order chi connectivity index (χ0) is 23.1. The van der Waals surface area contributed by atoms with Gasteiger partial charge in [0.25, 0.3) is 5.91 Å². The molecule has 32 heavy (non-hydrogen) atoms. The number of nitrogens with zero attached hydrogens (tertiary/aromatic N) is 2. The van der Waals surface area contributed by atoms with E-state index in [1.165, 1.54) is 5.56 Å². The highest BCUT2D eigenvalue weighted by Gasteiger charge is 2.25. The van der Waals surface area contributed by atoms with Crippen molar-refractivity contribution in [2.45, 2.75) is 38.6 Å². The third kappa shape index (κ3) is 5.86. The second kappa shape index (κ2) is 10.8. The second-order valence-corrected chi connectivity index (χ2v) is 8.28. The number of benzene rings is 2. The van der Waals surface area contributed by atoms with Gasteiger partial charge in [-0.25, -0.2) is 4.79 Å². The van der Waals surface area contributed by atoms with E-state index in [4.69, 9.17) is 10.00 Å². The Hall–Kier alpha value is -3.37. The first-order valence-electron chi connectivity index (χ1n) is 10.9. The lowest BCUT2D eigenvalue weighted by Crippen LogP contribution is -2.39. The molecule has 2 aromatic rings. The van der Waals surface area contributed by atoms with Crippen molar-refractivity contribution >= 4 is 17.6 Å². The van der Waals surface area contributed by atoms with Crippen LogP contribution in [-0.2, 0) is 4.74 Å². The smallest absolute Gasteiger partial charge is 0.319 e. The molecule has 1 unspecified atom stereocenters. The number of methoxy groups -OCH3 is 1. The van der Waals surface area contributed by atoms with Crippen molar-refractivity contribution < 1.29 is 14.3 Å². The Labute approximate surface area is 189 Å². The quantitative estimate of drug-likeness (QED) is 0.717. The highest BCUT2D eigenvalue weighted by molar-refractivity contribution is 5.97. The van der Waals surface area contributed by atoms with E-state index >= 15 is 0 Å². The van der Waals surface area contributed by atoms with Crippen LogP contribution in [0.15, 0.2) is 42.5 Å². The van der Waals surface area contributed by atoms with Crippen molar-refractivity contribution in [2.75, 3.05) is 32.1 Å². The first-order valence-corrected chi connectivity index (χ1v) is 10.9. The van der Waals surface area contributed by atoms with Gasteiger partial charge in [-0.2, -0.15) is 5.26 Å². The summed E-state index contributed by atoms with van der Waals surface area (Å²) >= 11 is 0. The summed E-state index contributed by atoms with van der Waals surface area (Å²) in [5, 5.41) is 14.6. The minimum atomic E-state index is -0.328. The molecule has 1 saturated heterocycles. The number of likely N-dealkylation sites (tertiary alicyclic amines) is 1. The zero-order valence-electron chi connectivity index (χ0n) is 18.9. The topological polar surface area (TPSA) is 94.5 Å². The predicted molar refractivity (Wildman–Crippen MR) is 124 cm³/mol. The number of carbonyl (C=O) groups is 2. The van der Waals surface area contributed by atoms with Gasteiger partial charge in [0.15, 0.2) is 0 Å². The van der Waals surface area contributed by atoms with Crippen molar-refractivity contribution in [1.82, 2.24) is 10.2 Å². The van der Waals surface area contributed by atoms with Crippen LogP contribution in [-0.4, -0.2) is 49.7 Å². The van der Waals surface area contributed by atoms with Gasteiger partial charge in [-0.3, -0.25) is 4.79 Å². The molecule has 1 heterocycles. The molecule has 0 radical (unpaired) electrons. The largest absolute Gasteiger partial charge is 0.383 e. The maximum Gasteiger partial charge on any atom is 0.319 e. The van der Waals surface area contributed by atoms with Crippen molar-refractivity contribution in [3.05, 3.63) is 64.7 Å². The van der Waals surface area contributed by atoms with Crippen LogP contribution >= 0.6 is 0 Å². The molecular weight excluding hydrogens is 404 g/mol. The van der Waals surface area contributed by atoms with Gasteiger partial charge in [-0.15, -0.1) is 0 Å². The fourth-order valence-corrected chi connectivity index (χ4v) is 3.99. The Balaban J connectivity index is 1.61. The number of carbonyl (C=O) groups excluding carboxylic acids is 2. The van der Waals surface area contributed by atoms with Crippen LogP contribution in [0.5, 0.6) is 0 Å². The molecular formula is C25H30N4O3. The number of anilines is 1. The molecule has 0 aliphatic carbocycles. The number of ether oxygens (including phenoxy) is 1. The predicted octanol–water partition coefficient (Wildman–Crippen LogP) is 4.04. The maximum absolute atomic E-state index is 13.1. The van der Waals surface area contributed by atoms with Gasteiger partial charge in [0.05, 0.1) is 24.3 Å². The van der Waals surface area contributed by atoms with Crippen molar-refractivity contribution in [2.24, 2.45) is 0 Å². The summed E-state index contributed by atoms with van der Waals surface area (Å²) in [4.78, 5) is 27.2. The molecule has 168 valence electrons. The summed E-state index contributed by atoms with van der Waals surface area (Å²) < 4.78 is 5.04. The van der Waals surface area contributed by atoms with Gasteiger partial charge in [-0.1, -0.05) is 18.2 Å². The molecule has 7 nitrogen and oxygen atoms in total. The van der Waals surface area contributed by atoms with Gasteiger partial charge in [0.1, 0.15) is 0 Å². The molecule has 0 saturated carbocycles. The van der Waals surface area contributed by atoms with E-state index in [2.05, 4.69) is 16.7 Å². The average Bonchev–Trinajstić information content (AvgIpc) is 2.80. The van der Waals surface area contributed by atoms with Crippen LogP contribution < -0.4 is 10.6 Å². The molecule has 2 N–H and O–H groups in total. The summed E-state index contributed by atoms with van der Waals surface area (Å²) in [5.41, 5.74) is 3.94. The standard InChI is InChI=1S/C25H30N4O3/c1-17-4-7-22(14-23(17)28-25(31)27-18(2)16-32-3)24(30)29-12-10-21(11-13-29)20-8-5-19(15-26)6-9-20/h4-9,14,18,21H,10-13,16H2,1-3H3,(H2,27,28,31). The minimum Gasteiger partial charge on any atom is -0.383 e. The number of amides is 3. The summed E-state index contributed by atoms with van der Waals surface area (Å²) in [6.45, 7) is 5.52. The van der Waals surface area contributed by atoms with Crippen LogP contribution in [0.2, 0.25) is 0 Å². The molecule has 0 spiro atoms. The van der Waals surface area contributed by atoms with Gasteiger partial charge >= 0.3 is 6.03 Å². The summed E-state index contributed by atoms with van der Waals surface area (Å²) in [7, 11) is 1.59.